The van der Waals surface area contributed by atoms with E-state index in [4.69, 9.17) is 0 Å². The molecular weight excluding hydrogens is 240 g/mol. The van der Waals surface area contributed by atoms with Crippen LogP contribution in [-0.4, -0.2) is 42.0 Å². The molecule has 1 amide bonds. The van der Waals surface area contributed by atoms with E-state index < -0.39 is 14.8 Å². The summed E-state index contributed by atoms with van der Waals surface area (Å²) < 4.78 is 23.3. The molecule has 100 valence electrons. The molecule has 1 fully saturated rings. The smallest absolute Gasteiger partial charge is 0.258 e. The van der Waals surface area contributed by atoms with Crippen molar-refractivity contribution in [3.63, 3.8) is 0 Å². The first-order valence-corrected chi connectivity index (χ1v) is 7.32. The minimum absolute atomic E-state index is 0.0345. The second kappa shape index (κ2) is 4.24. The highest BCUT2D eigenvalue weighted by molar-refractivity contribution is 7.94. The summed E-state index contributed by atoms with van der Waals surface area (Å²) in [6, 6.07) is 0. The Labute approximate surface area is 104 Å². The van der Waals surface area contributed by atoms with Crippen molar-refractivity contribution >= 4 is 15.9 Å². The second-order valence-electron chi connectivity index (χ2n) is 5.56. The molecule has 1 aliphatic rings. The molecule has 1 aliphatic heterocycles. The summed E-state index contributed by atoms with van der Waals surface area (Å²) >= 11 is 0. The summed E-state index contributed by atoms with van der Waals surface area (Å²) in [5.74, 6) is -0.311. The van der Waals surface area contributed by atoms with Gasteiger partial charge in [0.1, 0.15) is 0 Å². The molecule has 1 saturated heterocycles. The number of amides is 1. The van der Waals surface area contributed by atoms with Gasteiger partial charge in [0, 0.05) is 18.6 Å². The van der Waals surface area contributed by atoms with E-state index in [0.29, 0.717) is 6.54 Å². The number of sulfonamides is 1. The quantitative estimate of drug-likeness (QED) is 0.792. The zero-order chi connectivity index (χ0) is 13.5. The first-order valence-electron chi connectivity index (χ1n) is 5.88. The van der Waals surface area contributed by atoms with Crippen molar-refractivity contribution in [2.45, 2.75) is 51.3 Å². The molecular formula is C11H22N2O3S. The molecule has 1 rings (SSSR count). The number of rotatable bonds is 5. The number of nitrogens with one attached hydrogen (secondary N) is 1. The number of hydrogen-bond donors (Lipinski definition) is 1. The van der Waals surface area contributed by atoms with Crippen LogP contribution < -0.4 is 5.32 Å². The van der Waals surface area contributed by atoms with Gasteiger partial charge >= 0.3 is 0 Å². The highest BCUT2D eigenvalue weighted by Crippen LogP contribution is 2.34. The fourth-order valence-corrected chi connectivity index (χ4v) is 3.13. The van der Waals surface area contributed by atoms with Crippen LogP contribution in [-0.2, 0) is 14.8 Å². The molecule has 0 saturated carbocycles. The largest absolute Gasteiger partial charge is 0.310 e. The fraction of sp³-hybridized carbons (Fsp3) is 0.909. The molecule has 6 heteroatoms. The second-order valence-corrected chi connectivity index (χ2v) is 7.97. The maximum Gasteiger partial charge on any atom is 0.258 e. The predicted octanol–water partition coefficient (Wildman–Crippen LogP) is 0.715. The Morgan fingerprint density at radius 3 is 2.29 bits per heavy atom. The van der Waals surface area contributed by atoms with Crippen molar-refractivity contribution in [3.8, 4) is 0 Å². The van der Waals surface area contributed by atoms with Crippen molar-refractivity contribution < 1.29 is 13.2 Å². The van der Waals surface area contributed by atoms with Crippen molar-refractivity contribution in [3.05, 3.63) is 0 Å². The van der Waals surface area contributed by atoms with Crippen LogP contribution in [0.2, 0.25) is 0 Å². The maximum atomic E-state index is 11.8. The highest BCUT2D eigenvalue weighted by Gasteiger charge is 2.59. The molecule has 0 spiro atoms. The average Bonchev–Trinajstić information content (AvgIpc) is 2.23. The molecule has 0 aliphatic carbocycles. The first-order chi connectivity index (χ1) is 7.56. The lowest BCUT2D eigenvalue weighted by Gasteiger charge is -2.43. The van der Waals surface area contributed by atoms with E-state index in [2.05, 4.69) is 12.2 Å². The third-order valence-electron chi connectivity index (χ3n) is 3.48. The topological polar surface area (TPSA) is 66.5 Å². The van der Waals surface area contributed by atoms with E-state index in [9.17, 15) is 13.2 Å². The normalized spacial score (nSPS) is 22.4. The lowest BCUT2D eigenvalue weighted by molar-refractivity contribution is -0.132. The van der Waals surface area contributed by atoms with E-state index in [1.807, 2.05) is 13.8 Å². The summed E-state index contributed by atoms with van der Waals surface area (Å²) in [6.45, 7) is 9.75. The van der Waals surface area contributed by atoms with Crippen LogP contribution in [0.1, 0.15) is 41.0 Å². The monoisotopic (exact) mass is 262 g/mol. The van der Waals surface area contributed by atoms with Gasteiger partial charge in [-0.05, 0) is 34.1 Å². The van der Waals surface area contributed by atoms with Gasteiger partial charge in [0.2, 0.25) is 0 Å². The number of nitrogens with zero attached hydrogens (tertiary/aromatic N) is 1. The zero-order valence-corrected chi connectivity index (χ0v) is 12.0. The molecule has 1 heterocycles. The number of hydrogen-bond acceptors (Lipinski definition) is 4. The van der Waals surface area contributed by atoms with Gasteiger partial charge in [-0.3, -0.25) is 4.79 Å². The van der Waals surface area contributed by atoms with Crippen molar-refractivity contribution in [2.75, 3.05) is 13.1 Å². The maximum absolute atomic E-state index is 11.8. The predicted molar refractivity (Wildman–Crippen MR) is 67.1 cm³/mol. The van der Waals surface area contributed by atoms with Crippen LogP contribution in [0.3, 0.4) is 0 Å². The van der Waals surface area contributed by atoms with E-state index >= 15 is 0 Å². The Bertz CT molecular complexity index is 412. The van der Waals surface area contributed by atoms with Crippen LogP contribution >= 0.6 is 0 Å². The standard InChI is InChI=1S/C11H22N2O3S/c1-6-10(2,3)12-7-8-13-9(14)11(4,5)17(13,15)16/h12H,6-8H2,1-5H3. The summed E-state index contributed by atoms with van der Waals surface area (Å²) in [5, 5.41) is 3.24. The average molecular weight is 262 g/mol. The molecule has 1 N–H and O–H groups in total. The van der Waals surface area contributed by atoms with Gasteiger partial charge in [-0.25, -0.2) is 12.7 Å². The van der Waals surface area contributed by atoms with Crippen LogP contribution in [0.15, 0.2) is 0 Å². The summed E-state index contributed by atoms with van der Waals surface area (Å²) in [6.07, 6.45) is 0.944. The van der Waals surface area contributed by atoms with E-state index in [-0.39, 0.29) is 18.0 Å². The van der Waals surface area contributed by atoms with Crippen molar-refractivity contribution in [1.82, 2.24) is 9.62 Å². The summed E-state index contributed by atoms with van der Waals surface area (Å²) in [7, 11) is -3.43. The van der Waals surface area contributed by atoms with Crippen LogP contribution in [0.4, 0.5) is 0 Å². The van der Waals surface area contributed by atoms with E-state index in [0.717, 1.165) is 10.7 Å². The third-order valence-corrected chi connectivity index (χ3v) is 5.87. The highest BCUT2D eigenvalue weighted by atomic mass is 32.2. The van der Waals surface area contributed by atoms with E-state index in [1.54, 1.807) is 0 Å². The molecule has 0 atom stereocenters. The Morgan fingerprint density at radius 1 is 1.35 bits per heavy atom. The Kier molecular flexibility index (Phi) is 3.60. The molecule has 17 heavy (non-hydrogen) atoms. The minimum atomic E-state index is -3.43. The van der Waals surface area contributed by atoms with Gasteiger partial charge in [-0.15, -0.1) is 0 Å². The Morgan fingerprint density at radius 2 is 1.88 bits per heavy atom. The molecule has 0 bridgehead atoms. The fourth-order valence-electron chi connectivity index (χ4n) is 1.60. The zero-order valence-electron chi connectivity index (χ0n) is 11.2. The summed E-state index contributed by atoms with van der Waals surface area (Å²) in [5.41, 5.74) is -0.0345. The van der Waals surface area contributed by atoms with Gasteiger partial charge in [0.05, 0.1) is 0 Å². The van der Waals surface area contributed by atoms with Gasteiger partial charge in [-0.1, -0.05) is 6.92 Å². The third kappa shape index (κ3) is 2.33. The van der Waals surface area contributed by atoms with Crippen molar-refractivity contribution in [2.24, 2.45) is 0 Å². The van der Waals surface area contributed by atoms with Crippen LogP contribution in [0, 0.1) is 0 Å². The summed E-state index contributed by atoms with van der Waals surface area (Å²) in [4.78, 5) is 11.6. The van der Waals surface area contributed by atoms with Crippen molar-refractivity contribution in [1.29, 1.82) is 0 Å². The van der Waals surface area contributed by atoms with Crippen LogP contribution in [0.25, 0.3) is 0 Å². The lowest BCUT2D eigenvalue weighted by Crippen LogP contribution is -2.68. The SMILES string of the molecule is CCC(C)(C)NCCN1C(=O)C(C)(C)S1(=O)=O. The molecule has 0 radical (unpaired) electrons. The molecule has 0 unspecified atom stereocenters. The molecule has 0 aromatic rings. The van der Waals surface area contributed by atoms with Gasteiger partial charge in [0.15, 0.2) is 4.75 Å². The van der Waals surface area contributed by atoms with Gasteiger partial charge in [-0.2, -0.15) is 0 Å². The first kappa shape index (κ1) is 14.4. The van der Waals surface area contributed by atoms with Gasteiger partial charge < -0.3 is 5.32 Å². The Hall–Kier alpha value is -0.620. The number of carbonyl (C=O) groups excluding carboxylic acids is 1. The molecule has 0 aromatic heterocycles. The van der Waals surface area contributed by atoms with E-state index in [1.165, 1.54) is 13.8 Å². The molecule has 0 aromatic carbocycles. The van der Waals surface area contributed by atoms with Crippen LogP contribution in [0.5, 0.6) is 0 Å². The minimum Gasteiger partial charge on any atom is -0.310 e. The lowest BCUT2D eigenvalue weighted by atomic mass is 10.0. The Balaban J connectivity index is 2.54. The van der Waals surface area contributed by atoms with Gasteiger partial charge in [0.25, 0.3) is 15.9 Å². The number of carbonyl (C=O) groups is 1. The molecule has 5 nitrogen and oxygen atoms in total.